The van der Waals surface area contributed by atoms with E-state index in [-0.39, 0.29) is 12.4 Å². The molecule has 1 aliphatic rings. The number of hydrogen-bond donors (Lipinski definition) is 1. The summed E-state index contributed by atoms with van der Waals surface area (Å²) >= 11 is 0. The number of rotatable bonds is 7. The maximum Gasteiger partial charge on any atom is 0.264 e. The molecule has 0 atom stereocenters. The highest BCUT2D eigenvalue weighted by molar-refractivity contribution is 5.29. The molecule has 0 saturated heterocycles. The molecule has 2 aromatic rings. The molecule has 0 unspecified atom stereocenters. The van der Waals surface area contributed by atoms with Gasteiger partial charge in [-0.15, -0.1) is 0 Å². The van der Waals surface area contributed by atoms with Gasteiger partial charge in [0.1, 0.15) is 11.6 Å². The number of aromatic nitrogens is 2. The highest BCUT2D eigenvalue weighted by Gasteiger charge is 2.28. The van der Waals surface area contributed by atoms with E-state index in [0.29, 0.717) is 24.1 Å². The van der Waals surface area contributed by atoms with Gasteiger partial charge in [-0.25, -0.2) is 4.39 Å². The number of halogens is 1. The number of nitrogens with one attached hydrogen (secondary N) is 1. The highest BCUT2D eigenvalue weighted by atomic mass is 19.1. The second-order valence-electron chi connectivity index (χ2n) is 5.18. The molecule has 1 N–H and O–H groups in total. The third kappa shape index (κ3) is 3.78. The van der Waals surface area contributed by atoms with Crippen LogP contribution < -0.4 is 10.1 Å². The lowest BCUT2D eigenvalue weighted by Gasteiger charge is -2.07. The molecule has 0 amide bonds. The van der Waals surface area contributed by atoms with Crippen LogP contribution in [0.25, 0.3) is 0 Å². The van der Waals surface area contributed by atoms with Crippen LogP contribution in [0.2, 0.25) is 0 Å². The summed E-state index contributed by atoms with van der Waals surface area (Å²) < 4.78 is 24.2. The first-order valence-corrected chi connectivity index (χ1v) is 7.20. The van der Waals surface area contributed by atoms with Gasteiger partial charge in [0, 0.05) is 18.5 Å². The molecule has 0 spiro atoms. The van der Waals surface area contributed by atoms with E-state index >= 15 is 0 Å². The fourth-order valence-corrected chi connectivity index (χ4v) is 2.05. The number of benzene rings is 1. The molecule has 1 saturated carbocycles. The Bertz CT molecular complexity index is 611. The van der Waals surface area contributed by atoms with Gasteiger partial charge in [0.25, 0.3) is 5.89 Å². The van der Waals surface area contributed by atoms with Crippen molar-refractivity contribution in [1.29, 1.82) is 0 Å². The van der Waals surface area contributed by atoms with Crippen LogP contribution in [0.3, 0.4) is 0 Å². The second-order valence-corrected chi connectivity index (χ2v) is 5.18. The summed E-state index contributed by atoms with van der Waals surface area (Å²) in [5, 5.41) is 7.07. The lowest BCUT2D eigenvalue weighted by molar-refractivity contribution is 0.241. The molecule has 21 heavy (non-hydrogen) atoms. The number of ether oxygens (including phenoxy) is 1. The van der Waals surface area contributed by atoms with Crippen molar-refractivity contribution in [3.63, 3.8) is 0 Å². The van der Waals surface area contributed by atoms with Crippen LogP contribution in [-0.4, -0.2) is 16.7 Å². The summed E-state index contributed by atoms with van der Waals surface area (Å²) in [6.07, 6.45) is 2.25. The summed E-state index contributed by atoms with van der Waals surface area (Å²) in [5.74, 6) is 1.78. The van der Waals surface area contributed by atoms with Gasteiger partial charge in [-0.3, -0.25) is 0 Å². The summed E-state index contributed by atoms with van der Waals surface area (Å²) in [4.78, 5) is 4.27. The van der Waals surface area contributed by atoms with E-state index < -0.39 is 0 Å². The van der Waals surface area contributed by atoms with Gasteiger partial charge >= 0.3 is 0 Å². The third-order valence-electron chi connectivity index (χ3n) is 3.30. The minimum absolute atomic E-state index is 0.157. The van der Waals surface area contributed by atoms with Gasteiger partial charge in [0.05, 0.1) is 0 Å². The van der Waals surface area contributed by atoms with Crippen LogP contribution in [0.15, 0.2) is 22.7 Å². The van der Waals surface area contributed by atoms with Crippen LogP contribution in [-0.2, 0) is 13.2 Å². The zero-order valence-electron chi connectivity index (χ0n) is 11.9. The topological polar surface area (TPSA) is 60.2 Å². The Morgan fingerprint density at radius 2 is 2.24 bits per heavy atom. The molecule has 6 heteroatoms. The number of hydrogen-bond acceptors (Lipinski definition) is 5. The minimum atomic E-state index is -0.315. The van der Waals surface area contributed by atoms with Crippen molar-refractivity contribution in [1.82, 2.24) is 15.5 Å². The molecular formula is C15H18FN3O2. The molecule has 0 bridgehead atoms. The Morgan fingerprint density at radius 1 is 1.38 bits per heavy atom. The van der Waals surface area contributed by atoms with Gasteiger partial charge in [0.2, 0.25) is 0 Å². The lowest BCUT2D eigenvalue weighted by Crippen LogP contribution is -2.12. The molecule has 112 valence electrons. The Labute approximate surface area is 122 Å². The summed E-state index contributed by atoms with van der Waals surface area (Å²) in [6.45, 7) is 3.60. The SMILES string of the molecule is CCNCc1cc(F)cc(OCc2nc(C3CC3)no2)c1. The van der Waals surface area contributed by atoms with E-state index in [9.17, 15) is 4.39 Å². The van der Waals surface area contributed by atoms with Gasteiger partial charge < -0.3 is 14.6 Å². The third-order valence-corrected chi connectivity index (χ3v) is 3.30. The van der Waals surface area contributed by atoms with Gasteiger partial charge in [-0.2, -0.15) is 4.98 Å². The summed E-state index contributed by atoms with van der Waals surface area (Å²) in [7, 11) is 0. The van der Waals surface area contributed by atoms with Crippen molar-refractivity contribution < 1.29 is 13.7 Å². The Morgan fingerprint density at radius 3 is 3.00 bits per heavy atom. The van der Waals surface area contributed by atoms with Gasteiger partial charge in [-0.1, -0.05) is 12.1 Å². The molecule has 1 fully saturated rings. The van der Waals surface area contributed by atoms with Crippen LogP contribution >= 0.6 is 0 Å². The maximum atomic E-state index is 13.5. The quantitative estimate of drug-likeness (QED) is 0.850. The fraction of sp³-hybridized carbons (Fsp3) is 0.467. The van der Waals surface area contributed by atoms with E-state index in [1.165, 1.54) is 12.1 Å². The Hall–Kier alpha value is -1.95. The zero-order chi connectivity index (χ0) is 14.7. The molecule has 1 aromatic heterocycles. The monoisotopic (exact) mass is 291 g/mol. The lowest BCUT2D eigenvalue weighted by atomic mass is 10.2. The summed E-state index contributed by atoms with van der Waals surface area (Å²) in [6, 6.07) is 4.66. The largest absolute Gasteiger partial charge is 0.484 e. The van der Waals surface area contributed by atoms with Crippen molar-refractivity contribution >= 4 is 0 Å². The first-order valence-electron chi connectivity index (χ1n) is 7.20. The average Bonchev–Trinajstić information content (AvgIpc) is 3.21. The van der Waals surface area contributed by atoms with E-state index in [1.54, 1.807) is 0 Å². The smallest absolute Gasteiger partial charge is 0.264 e. The first-order chi connectivity index (χ1) is 10.2. The Kier molecular flexibility index (Phi) is 4.15. The van der Waals surface area contributed by atoms with Crippen LogP contribution in [0.4, 0.5) is 4.39 Å². The van der Waals surface area contributed by atoms with Crippen molar-refractivity contribution in [3.8, 4) is 5.75 Å². The Balaban J connectivity index is 1.61. The molecular weight excluding hydrogens is 273 g/mol. The van der Waals surface area contributed by atoms with Crippen LogP contribution in [0.5, 0.6) is 5.75 Å². The minimum Gasteiger partial charge on any atom is -0.484 e. The van der Waals surface area contributed by atoms with Crippen molar-refractivity contribution in [3.05, 3.63) is 41.3 Å². The van der Waals surface area contributed by atoms with Crippen molar-refractivity contribution in [2.75, 3.05) is 6.54 Å². The van der Waals surface area contributed by atoms with E-state index in [0.717, 1.165) is 30.8 Å². The molecule has 3 rings (SSSR count). The van der Waals surface area contributed by atoms with Crippen molar-refractivity contribution in [2.24, 2.45) is 0 Å². The van der Waals surface area contributed by atoms with Gasteiger partial charge in [0.15, 0.2) is 12.4 Å². The predicted molar refractivity (Wildman–Crippen MR) is 74.4 cm³/mol. The molecule has 0 radical (unpaired) electrons. The normalized spacial score (nSPS) is 14.4. The summed E-state index contributed by atoms with van der Waals surface area (Å²) in [5.41, 5.74) is 0.844. The molecule has 0 aliphatic heterocycles. The average molecular weight is 291 g/mol. The zero-order valence-corrected chi connectivity index (χ0v) is 11.9. The molecule has 1 aliphatic carbocycles. The number of nitrogens with zero attached hydrogens (tertiary/aromatic N) is 2. The van der Waals surface area contributed by atoms with Gasteiger partial charge in [-0.05, 0) is 37.1 Å². The first kappa shape index (κ1) is 14.0. The fourth-order valence-electron chi connectivity index (χ4n) is 2.05. The van der Waals surface area contributed by atoms with Crippen LogP contribution in [0.1, 0.15) is 43.0 Å². The van der Waals surface area contributed by atoms with E-state index in [4.69, 9.17) is 9.26 Å². The molecule has 1 aromatic carbocycles. The van der Waals surface area contributed by atoms with E-state index in [2.05, 4.69) is 15.5 Å². The molecule has 5 nitrogen and oxygen atoms in total. The molecule has 1 heterocycles. The van der Waals surface area contributed by atoms with Crippen LogP contribution in [0, 0.1) is 5.82 Å². The van der Waals surface area contributed by atoms with E-state index in [1.807, 2.05) is 13.0 Å². The highest BCUT2D eigenvalue weighted by Crippen LogP contribution is 2.38. The second kappa shape index (κ2) is 6.22. The standard InChI is InChI=1S/C15H18FN3O2/c1-2-17-8-10-5-12(16)7-13(6-10)20-9-14-18-15(19-21-14)11-3-4-11/h5-7,11,17H,2-4,8-9H2,1H3. The van der Waals surface area contributed by atoms with Crippen molar-refractivity contribution in [2.45, 2.75) is 38.8 Å². The predicted octanol–water partition coefficient (Wildman–Crippen LogP) is 2.77. The maximum absolute atomic E-state index is 13.5.